The molecule has 116 valence electrons. The van der Waals surface area contributed by atoms with Crippen LogP contribution in [0.25, 0.3) is 0 Å². The van der Waals surface area contributed by atoms with Crippen LogP contribution in [0.2, 0.25) is 0 Å². The van der Waals surface area contributed by atoms with E-state index in [1.165, 1.54) is 6.07 Å². The van der Waals surface area contributed by atoms with Gasteiger partial charge in [0, 0.05) is 23.3 Å². The van der Waals surface area contributed by atoms with Crippen molar-refractivity contribution in [3.05, 3.63) is 29.3 Å². The minimum absolute atomic E-state index is 0.0451. The van der Waals surface area contributed by atoms with Crippen LogP contribution in [-0.2, 0) is 6.18 Å². The fourth-order valence-electron chi connectivity index (χ4n) is 2.92. The topological polar surface area (TPSA) is 46.3 Å². The average Bonchev–Trinajstić information content (AvgIpc) is 2.78. The first-order valence-corrected chi connectivity index (χ1v) is 7.05. The Morgan fingerprint density at radius 1 is 1.38 bits per heavy atom. The molecule has 2 unspecified atom stereocenters. The van der Waals surface area contributed by atoms with Crippen molar-refractivity contribution in [2.75, 3.05) is 5.73 Å². The van der Waals surface area contributed by atoms with Crippen molar-refractivity contribution in [3.63, 3.8) is 0 Å². The fraction of sp³-hybridized carbons (Fsp3) is 0.533. The van der Waals surface area contributed by atoms with Crippen LogP contribution in [0.15, 0.2) is 18.2 Å². The normalized spacial score (nSPS) is 22.6. The molecule has 21 heavy (non-hydrogen) atoms. The van der Waals surface area contributed by atoms with E-state index in [9.17, 15) is 18.0 Å². The molecule has 1 aliphatic heterocycles. The highest BCUT2D eigenvalue weighted by atomic mass is 19.4. The third kappa shape index (κ3) is 2.99. The van der Waals surface area contributed by atoms with Gasteiger partial charge in [-0.1, -0.05) is 6.92 Å². The number of likely N-dealkylation sites (tertiary alicyclic amines) is 1. The number of nitrogen functional groups attached to an aromatic ring is 1. The number of carbonyl (C=O) groups excluding carboxylic acids is 1. The summed E-state index contributed by atoms with van der Waals surface area (Å²) in [7, 11) is 0. The van der Waals surface area contributed by atoms with Crippen molar-refractivity contribution in [2.45, 2.75) is 51.4 Å². The zero-order chi connectivity index (χ0) is 15.8. The Morgan fingerprint density at radius 3 is 2.62 bits per heavy atom. The maximum atomic E-state index is 12.9. The first-order valence-electron chi connectivity index (χ1n) is 7.05. The largest absolute Gasteiger partial charge is 0.418 e. The highest BCUT2D eigenvalue weighted by Gasteiger charge is 2.36. The molecule has 1 heterocycles. The molecular formula is C15H19F3N2O. The number of alkyl halides is 3. The SMILES string of the molecule is CCC1CCC(C)N1C(=O)c1ccc(N)c(C(F)(F)F)c1. The van der Waals surface area contributed by atoms with Crippen LogP contribution < -0.4 is 5.73 Å². The summed E-state index contributed by atoms with van der Waals surface area (Å²) in [5, 5.41) is 0. The van der Waals surface area contributed by atoms with Crippen LogP contribution >= 0.6 is 0 Å². The van der Waals surface area contributed by atoms with Gasteiger partial charge in [0.2, 0.25) is 0 Å². The summed E-state index contributed by atoms with van der Waals surface area (Å²) in [6.45, 7) is 3.91. The summed E-state index contributed by atoms with van der Waals surface area (Å²) < 4.78 is 38.7. The second-order valence-electron chi connectivity index (χ2n) is 5.50. The van der Waals surface area contributed by atoms with Crippen molar-refractivity contribution >= 4 is 11.6 Å². The Labute approximate surface area is 121 Å². The average molecular weight is 300 g/mol. The zero-order valence-electron chi connectivity index (χ0n) is 12.1. The van der Waals surface area contributed by atoms with Crippen LogP contribution in [0.5, 0.6) is 0 Å². The van der Waals surface area contributed by atoms with Gasteiger partial charge in [0.15, 0.2) is 0 Å². The zero-order valence-corrected chi connectivity index (χ0v) is 12.1. The molecule has 1 aromatic carbocycles. The van der Waals surface area contributed by atoms with E-state index in [0.717, 1.165) is 31.4 Å². The van der Waals surface area contributed by atoms with Gasteiger partial charge in [-0.25, -0.2) is 0 Å². The number of rotatable bonds is 2. The van der Waals surface area contributed by atoms with E-state index in [1.807, 2.05) is 13.8 Å². The number of hydrogen-bond acceptors (Lipinski definition) is 2. The molecule has 1 aromatic rings. The highest BCUT2D eigenvalue weighted by molar-refractivity contribution is 5.95. The number of nitrogens with two attached hydrogens (primary N) is 1. The Hall–Kier alpha value is -1.72. The monoisotopic (exact) mass is 300 g/mol. The lowest BCUT2D eigenvalue weighted by molar-refractivity contribution is -0.136. The molecule has 1 fully saturated rings. The number of anilines is 1. The number of amides is 1. The van der Waals surface area contributed by atoms with Crippen LogP contribution in [0.1, 0.15) is 49.0 Å². The van der Waals surface area contributed by atoms with Crippen LogP contribution in [-0.4, -0.2) is 22.9 Å². The third-order valence-corrected chi connectivity index (χ3v) is 4.10. The number of benzene rings is 1. The maximum Gasteiger partial charge on any atom is 0.418 e. The summed E-state index contributed by atoms with van der Waals surface area (Å²) >= 11 is 0. The molecule has 1 saturated heterocycles. The van der Waals surface area contributed by atoms with E-state index in [1.54, 1.807) is 4.90 Å². The second kappa shape index (κ2) is 5.58. The van der Waals surface area contributed by atoms with Gasteiger partial charge < -0.3 is 10.6 Å². The smallest absolute Gasteiger partial charge is 0.398 e. The van der Waals surface area contributed by atoms with Gasteiger partial charge in [0.1, 0.15) is 0 Å². The molecule has 6 heteroatoms. The Balaban J connectivity index is 2.36. The van der Waals surface area contributed by atoms with Crippen molar-refractivity contribution in [1.29, 1.82) is 0 Å². The molecule has 0 spiro atoms. The molecule has 2 atom stereocenters. The first-order chi connectivity index (χ1) is 9.75. The number of hydrogen-bond donors (Lipinski definition) is 1. The van der Waals surface area contributed by atoms with Gasteiger partial charge >= 0.3 is 6.18 Å². The van der Waals surface area contributed by atoms with Crippen LogP contribution in [0, 0.1) is 0 Å². The van der Waals surface area contributed by atoms with E-state index in [-0.39, 0.29) is 29.2 Å². The third-order valence-electron chi connectivity index (χ3n) is 4.10. The lowest BCUT2D eigenvalue weighted by Crippen LogP contribution is -2.39. The van der Waals surface area contributed by atoms with E-state index >= 15 is 0 Å². The predicted octanol–water partition coefficient (Wildman–Crippen LogP) is 3.69. The van der Waals surface area contributed by atoms with Gasteiger partial charge in [0.25, 0.3) is 5.91 Å². The number of halogens is 3. The van der Waals surface area contributed by atoms with Gasteiger partial charge in [-0.15, -0.1) is 0 Å². The Morgan fingerprint density at radius 2 is 2.05 bits per heavy atom. The highest BCUT2D eigenvalue weighted by Crippen LogP contribution is 2.35. The van der Waals surface area contributed by atoms with Crippen molar-refractivity contribution < 1.29 is 18.0 Å². The number of carbonyl (C=O) groups is 1. The van der Waals surface area contributed by atoms with E-state index in [4.69, 9.17) is 5.73 Å². The van der Waals surface area contributed by atoms with Crippen LogP contribution in [0.3, 0.4) is 0 Å². The lowest BCUT2D eigenvalue weighted by Gasteiger charge is -2.28. The summed E-state index contributed by atoms with van der Waals surface area (Å²) in [6.07, 6.45) is -1.98. The summed E-state index contributed by atoms with van der Waals surface area (Å²) in [6, 6.07) is 3.52. The Kier molecular flexibility index (Phi) is 4.16. The molecule has 0 aliphatic carbocycles. The van der Waals surface area contributed by atoms with Gasteiger partial charge in [0.05, 0.1) is 5.56 Å². The minimum atomic E-state index is -4.55. The van der Waals surface area contributed by atoms with Crippen molar-refractivity contribution in [3.8, 4) is 0 Å². The minimum Gasteiger partial charge on any atom is -0.398 e. The quantitative estimate of drug-likeness (QED) is 0.847. The standard InChI is InChI=1S/C15H19F3N2O/c1-3-11-6-4-9(2)20(11)14(21)10-5-7-13(19)12(8-10)15(16,17)18/h5,7-9,11H,3-4,6,19H2,1-2H3. The fourth-order valence-corrected chi connectivity index (χ4v) is 2.92. The molecule has 0 aromatic heterocycles. The molecule has 2 rings (SSSR count). The van der Waals surface area contributed by atoms with Crippen LogP contribution in [0.4, 0.5) is 18.9 Å². The maximum absolute atomic E-state index is 12.9. The lowest BCUT2D eigenvalue weighted by atomic mass is 10.1. The summed E-state index contributed by atoms with van der Waals surface area (Å²) in [5.41, 5.74) is 4.10. The first kappa shape index (κ1) is 15.7. The molecular weight excluding hydrogens is 281 g/mol. The van der Waals surface area contributed by atoms with E-state index < -0.39 is 11.7 Å². The Bertz CT molecular complexity index is 542. The molecule has 0 radical (unpaired) electrons. The van der Waals surface area contributed by atoms with Gasteiger partial charge in [-0.2, -0.15) is 13.2 Å². The van der Waals surface area contributed by atoms with E-state index in [0.29, 0.717) is 0 Å². The predicted molar refractivity (Wildman–Crippen MR) is 74.8 cm³/mol. The van der Waals surface area contributed by atoms with Gasteiger partial charge in [-0.05, 0) is 44.4 Å². The summed E-state index contributed by atoms with van der Waals surface area (Å²) in [4.78, 5) is 14.2. The van der Waals surface area contributed by atoms with E-state index in [2.05, 4.69) is 0 Å². The summed E-state index contributed by atoms with van der Waals surface area (Å²) in [5.74, 6) is -0.350. The number of nitrogens with zero attached hydrogens (tertiary/aromatic N) is 1. The molecule has 1 amide bonds. The molecule has 1 aliphatic rings. The van der Waals surface area contributed by atoms with Gasteiger partial charge in [-0.3, -0.25) is 4.79 Å². The second-order valence-corrected chi connectivity index (χ2v) is 5.50. The molecule has 0 saturated carbocycles. The molecule has 0 bridgehead atoms. The molecule has 3 nitrogen and oxygen atoms in total. The van der Waals surface area contributed by atoms with Crippen molar-refractivity contribution in [1.82, 2.24) is 4.90 Å². The van der Waals surface area contributed by atoms with Crippen molar-refractivity contribution in [2.24, 2.45) is 0 Å². The molecule has 2 N–H and O–H groups in total.